The number of anilines is 2. The number of carboxylic acids is 2. The molecule has 1 saturated heterocycles. The van der Waals surface area contributed by atoms with Gasteiger partial charge in [-0.3, -0.25) is 0 Å². The molecule has 0 aliphatic carbocycles. The molecule has 4 rings (SSSR count). The number of carbonyl (C=O) groups is 2. The molecule has 0 aromatic heterocycles. The van der Waals surface area contributed by atoms with Crippen LogP contribution in [0.1, 0.15) is 32.6 Å². The molecule has 3 aromatic rings. The van der Waals surface area contributed by atoms with Crippen LogP contribution in [0, 0.1) is 20.8 Å². The number of benzene rings is 3. The molecule has 3 aromatic carbocycles. The molecule has 1 heterocycles. The maximum absolute atomic E-state index is 11.4. The summed E-state index contributed by atoms with van der Waals surface area (Å²) in [5.41, 5.74) is 7.26. The number of aliphatic imine (C=N–C) groups is 1. The van der Waals surface area contributed by atoms with E-state index in [-0.39, 0.29) is 5.56 Å². The van der Waals surface area contributed by atoms with Crippen LogP contribution >= 0.6 is 0 Å². The van der Waals surface area contributed by atoms with Crippen molar-refractivity contribution in [3.8, 4) is 0 Å². The van der Waals surface area contributed by atoms with Crippen molar-refractivity contribution >= 4 is 29.3 Å². The lowest BCUT2D eigenvalue weighted by atomic mass is 10.1. The summed E-state index contributed by atoms with van der Waals surface area (Å²) in [7, 11) is 0. The summed E-state index contributed by atoms with van der Waals surface area (Å²) in [6.45, 7) is 10.4. The van der Waals surface area contributed by atoms with Gasteiger partial charge in [-0.1, -0.05) is 48.0 Å². The Hall–Kier alpha value is -4.54. The standard InChI is InChI=1S/C28H32N4O2.C2HF3O2/c1-20-10-12-23(13-11-20)19-29-28(30-25-8-5-7-24(18-25)27(33)34)32-16-14-31(15-17-32)26-9-4-6-21(2)22(26)3;3-2(4,5)1(6)7/h4-13,18H,14-17,19H2,1-3H3,(H,29,30)(H,33,34);(H,6,7). The van der Waals surface area contributed by atoms with Crippen molar-refractivity contribution in [2.45, 2.75) is 33.5 Å². The maximum Gasteiger partial charge on any atom is 0.490 e. The largest absolute Gasteiger partial charge is 0.490 e. The second kappa shape index (κ2) is 13.7. The molecule has 1 aliphatic rings. The van der Waals surface area contributed by atoms with Crippen molar-refractivity contribution in [3.63, 3.8) is 0 Å². The van der Waals surface area contributed by atoms with Gasteiger partial charge in [0.25, 0.3) is 0 Å². The molecule has 0 amide bonds. The van der Waals surface area contributed by atoms with Gasteiger partial charge in [-0.25, -0.2) is 14.6 Å². The van der Waals surface area contributed by atoms with Crippen LogP contribution in [0.25, 0.3) is 0 Å². The molecule has 1 fully saturated rings. The van der Waals surface area contributed by atoms with Gasteiger partial charge in [0.2, 0.25) is 0 Å². The van der Waals surface area contributed by atoms with Crippen LogP contribution in [0.2, 0.25) is 0 Å². The molecular formula is C30H33F3N4O4. The Balaban J connectivity index is 0.000000587. The van der Waals surface area contributed by atoms with Crippen LogP contribution < -0.4 is 10.2 Å². The Morgan fingerprint density at radius 1 is 0.902 bits per heavy atom. The molecule has 1 aliphatic heterocycles. The number of piperazine rings is 1. The number of aryl methyl sites for hydroxylation is 2. The third-order valence-corrected chi connectivity index (χ3v) is 6.64. The summed E-state index contributed by atoms with van der Waals surface area (Å²) in [4.78, 5) is 29.9. The minimum Gasteiger partial charge on any atom is -0.478 e. The second-order valence-corrected chi connectivity index (χ2v) is 9.63. The summed E-state index contributed by atoms with van der Waals surface area (Å²) in [5, 5.41) is 19.9. The van der Waals surface area contributed by atoms with Gasteiger partial charge in [0.1, 0.15) is 0 Å². The van der Waals surface area contributed by atoms with E-state index in [2.05, 4.69) is 78.4 Å². The third kappa shape index (κ3) is 8.99. The zero-order chi connectivity index (χ0) is 30.2. The zero-order valence-electron chi connectivity index (χ0n) is 23.1. The fraction of sp³-hybridized carbons (Fsp3) is 0.300. The van der Waals surface area contributed by atoms with Crippen molar-refractivity contribution in [3.05, 3.63) is 94.5 Å². The van der Waals surface area contributed by atoms with E-state index < -0.39 is 18.1 Å². The van der Waals surface area contributed by atoms with E-state index in [0.29, 0.717) is 6.54 Å². The quantitative estimate of drug-likeness (QED) is 0.266. The number of aliphatic carboxylic acids is 1. The summed E-state index contributed by atoms with van der Waals surface area (Å²) in [6, 6.07) is 21.7. The third-order valence-electron chi connectivity index (χ3n) is 6.64. The van der Waals surface area contributed by atoms with E-state index in [9.17, 15) is 23.1 Å². The molecule has 8 nitrogen and oxygen atoms in total. The molecule has 0 bridgehead atoms. The first-order chi connectivity index (χ1) is 19.3. The number of nitrogens with zero attached hydrogens (tertiary/aromatic N) is 3. The number of rotatable bonds is 5. The minimum absolute atomic E-state index is 0.252. The van der Waals surface area contributed by atoms with Crippen molar-refractivity contribution in [1.29, 1.82) is 0 Å². The summed E-state index contributed by atoms with van der Waals surface area (Å²) < 4.78 is 31.7. The lowest BCUT2D eigenvalue weighted by Gasteiger charge is -2.38. The molecular weight excluding hydrogens is 537 g/mol. The van der Waals surface area contributed by atoms with Gasteiger partial charge in [-0.05, 0) is 61.7 Å². The van der Waals surface area contributed by atoms with E-state index in [0.717, 1.165) is 43.4 Å². The van der Waals surface area contributed by atoms with Gasteiger partial charge in [-0.2, -0.15) is 13.2 Å². The maximum atomic E-state index is 11.4. The smallest absolute Gasteiger partial charge is 0.478 e. The molecule has 0 atom stereocenters. The lowest BCUT2D eigenvalue weighted by molar-refractivity contribution is -0.192. The van der Waals surface area contributed by atoms with Crippen LogP contribution in [0.3, 0.4) is 0 Å². The highest BCUT2D eigenvalue weighted by atomic mass is 19.4. The highest BCUT2D eigenvalue weighted by Gasteiger charge is 2.38. The minimum atomic E-state index is -5.08. The van der Waals surface area contributed by atoms with Crippen LogP contribution in [0.4, 0.5) is 24.5 Å². The molecule has 0 spiro atoms. The average Bonchev–Trinajstić information content (AvgIpc) is 2.93. The van der Waals surface area contributed by atoms with Crippen molar-refractivity contribution < 1.29 is 33.0 Å². The zero-order valence-corrected chi connectivity index (χ0v) is 23.1. The van der Waals surface area contributed by atoms with Gasteiger partial charge in [0, 0.05) is 37.6 Å². The number of halogens is 3. The number of nitrogens with one attached hydrogen (secondary N) is 1. The van der Waals surface area contributed by atoms with Crippen LogP contribution in [0.15, 0.2) is 71.7 Å². The van der Waals surface area contributed by atoms with E-state index in [1.807, 2.05) is 6.07 Å². The number of hydrogen-bond donors (Lipinski definition) is 3. The predicted molar refractivity (Wildman–Crippen MR) is 153 cm³/mol. The van der Waals surface area contributed by atoms with Crippen LogP contribution in [-0.2, 0) is 11.3 Å². The molecule has 0 saturated carbocycles. The fourth-order valence-electron chi connectivity index (χ4n) is 4.17. The predicted octanol–water partition coefficient (Wildman–Crippen LogP) is 5.73. The van der Waals surface area contributed by atoms with Crippen molar-refractivity contribution in [2.75, 3.05) is 36.4 Å². The second-order valence-electron chi connectivity index (χ2n) is 9.63. The molecule has 0 unspecified atom stereocenters. The number of guanidine groups is 1. The van der Waals surface area contributed by atoms with Crippen LogP contribution in [0.5, 0.6) is 0 Å². The highest BCUT2D eigenvalue weighted by molar-refractivity contribution is 5.96. The fourth-order valence-corrected chi connectivity index (χ4v) is 4.17. The Morgan fingerprint density at radius 3 is 2.10 bits per heavy atom. The molecule has 41 heavy (non-hydrogen) atoms. The number of hydrogen-bond acceptors (Lipinski definition) is 4. The number of aromatic carboxylic acids is 1. The Labute approximate surface area is 236 Å². The van der Waals surface area contributed by atoms with E-state index >= 15 is 0 Å². The molecule has 0 radical (unpaired) electrons. The monoisotopic (exact) mass is 570 g/mol. The first kappa shape index (κ1) is 31.0. The van der Waals surface area contributed by atoms with E-state index in [4.69, 9.17) is 14.9 Å². The van der Waals surface area contributed by atoms with Gasteiger partial charge in [-0.15, -0.1) is 0 Å². The van der Waals surface area contributed by atoms with Gasteiger partial charge in [0.05, 0.1) is 12.1 Å². The van der Waals surface area contributed by atoms with Gasteiger partial charge < -0.3 is 25.3 Å². The number of carboxylic acid groups (broad SMARTS) is 2. The Morgan fingerprint density at radius 2 is 1.51 bits per heavy atom. The van der Waals surface area contributed by atoms with Crippen molar-refractivity contribution in [2.24, 2.45) is 4.99 Å². The van der Waals surface area contributed by atoms with Crippen LogP contribution in [-0.4, -0.2) is 65.4 Å². The Kier molecular flexibility index (Phi) is 10.3. The van der Waals surface area contributed by atoms with E-state index in [1.54, 1.807) is 18.2 Å². The summed E-state index contributed by atoms with van der Waals surface area (Å²) in [6.07, 6.45) is -5.08. The van der Waals surface area contributed by atoms with Crippen molar-refractivity contribution in [1.82, 2.24) is 4.90 Å². The number of alkyl halides is 3. The lowest BCUT2D eigenvalue weighted by Crippen LogP contribution is -2.51. The first-order valence-electron chi connectivity index (χ1n) is 12.9. The van der Waals surface area contributed by atoms with E-state index in [1.165, 1.54) is 22.4 Å². The summed E-state index contributed by atoms with van der Waals surface area (Å²) >= 11 is 0. The molecule has 3 N–H and O–H groups in total. The highest BCUT2D eigenvalue weighted by Crippen LogP contribution is 2.24. The first-order valence-corrected chi connectivity index (χ1v) is 12.9. The Bertz CT molecular complexity index is 1380. The SMILES string of the molecule is Cc1ccc(CN=C(Nc2cccc(C(=O)O)c2)N2CCN(c3cccc(C)c3C)CC2)cc1.O=C(O)C(F)(F)F. The summed E-state index contributed by atoms with van der Waals surface area (Å²) in [5.74, 6) is -2.93. The van der Waals surface area contributed by atoms with Gasteiger partial charge >= 0.3 is 18.1 Å². The van der Waals surface area contributed by atoms with Gasteiger partial charge in [0.15, 0.2) is 5.96 Å². The topological polar surface area (TPSA) is 105 Å². The molecule has 218 valence electrons. The normalized spacial score (nSPS) is 13.8. The average molecular weight is 571 g/mol. The molecule has 11 heteroatoms.